The van der Waals surface area contributed by atoms with Gasteiger partial charge in [-0.1, -0.05) is 6.92 Å². The molecule has 7 heteroatoms. The van der Waals surface area contributed by atoms with Gasteiger partial charge in [0.1, 0.15) is 22.8 Å². The third kappa shape index (κ3) is 3.11. The van der Waals surface area contributed by atoms with E-state index >= 15 is 4.39 Å². The number of aliphatic hydroxyl groups excluding tert-OH is 1. The first kappa shape index (κ1) is 18.8. The van der Waals surface area contributed by atoms with Gasteiger partial charge in [0, 0.05) is 12.1 Å². The number of rotatable bonds is 6. The molecule has 1 aromatic carbocycles. The van der Waals surface area contributed by atoms with Crippen molar-refractivity contribution in [2.75, 3.05) is 6.54 Å². The molecule has 0 bridgehead atoms. The highest BCUT2D eigenvalue weighted by atomic mass is 19.1. The Morgan fingerprint density at radius 1 is 1.19 bits per heavy atom. The van der Waals surface area contributed by atoms with Crippen LogP contribution in [0.3, 0.4) is 0 Å². The Labute approximate surface area is 149 Å². The van der Waals surface area contributed by atoms with Gasteiger partial charge in [0.05, 0.1) is 11.7 Å². The summed E-state index contributed by atoms with van der Waals surface area (Å²) in [6.45, 7) is 1.30. The van der Waals surface area contributed by atoms with E-state index in [4.69, 9.17) is 5.73 Å². The highest BCUT2D eigenvalue weighted by Gasteiger charge is 2.48. The van der Waals surface area contributed by atoms with E-state index in [1.54, 1.807) is 6.92 Å². The molecule has 26 heavy (non-hydrogen) atoms. The fraction of sp³-hybridized carbons (Fsp3) is 0.421. The molecule has 1 fully saturated rings. The molecule has 0 spiro atoms. The molecule has 0 saturated heterocycles. The molecule has 0 aliphatic heterocycles. The van der Waals surface area contributed by atoms with Crippen molar-refractivity contribution in [1.29, 1.82) is 0 Å². The lowest BCUT2D eigenvalue weighted by Crippen LogP contribution is -2.39. The molecule has 0 radical (unpaired) electrons. The molecule has 2 unspecified atom stereocenters. The molecule has 1 heterocycles. The smallest absolute Gasteiger partial charge is 0.158 e. The van der Waals surface area contributed by atoms with Crippen molar-refractivity contribution in [3.05, 3.63) is 53.0 Å². The number of hydrogen-bond donors (Lipinski definition) is 3. The molecule has 4 nitrogen and oxygen atoms in total. The van der Waals surface area contributed by atoms with E-state index < -0.39 is 34.7 Å². The van der Waals surface area contributed by atoms with Crippen LogP contribution in [0, 0.1) is 23.4 Å². The van der Waals surface area contributed by atoms with Crippen LogP contribution in [-0.4, -0.2) is 21.7 Å². The van der Waals surface area contributed by atoms with E-state index in [2.05, 4.69) is 4.98 Å². The first-order valence-electron chi connectivity index (χ1n) is 8.59. The lowest BCUT2D eigenvalue weighted by atomic mass is 9.89. The quantitative estimate of drug-likeness (QED) is 0.734. The predicted molar refractivity (Wildman–Crippen MR) is 90.5 cm³/mol. The van der Waals surface area contributed by atoms with Gasteiger partial charge in [0.2, 0.25) is 0 Å². The highest BCUT2D eigenvalue weighted by Crippen LogP contribution is 2.47. The maximum absolute atomic E-state index is 15.1. The molecule has 2 atom stereocenters. The van der Waals surface area contributed by atoms with Crippen LogP contribution in [0.4, 0.5) is 13.2 Å². The van der Waals surface area contributed by atoms with Crippen molar-refractivity contribution in [2.24, 2.45) is 11.7 Å². The Balaban J connectivity index is 2.27. The Morgan fingerprint density at radius 2 is 1.81 bits per heavy atom. The Morgan fingerprint density at radius 3 is 2.31 bits per heavy atom. The van der Waals surface area contributed by atoms with E-state index in [1.807, 2.05) is 0 Å². The molecule has 1 aliphatic rings. The molecule has 3 rings (SSSR count). The average molecular weight is 366 g/mol. The largest absolute Gasteiger partial charge is 0.388 e. The van der Waals surface area contributed by atoms with Crippen molar-refractivity contribution in [1.82, 2.24) is 4.98 Å². The molecule has 1 aliphatic carbocycles. The summed E-state index contributed by atoms with van der Waals surface area (Å²) < 4.78 is 43.2. The zero-order valence-corrected chi connectivity index (χ0v) is 14.3. The summed E-state index contributed by atoms with van der Waals surface area (Å²) in [5.41, 5.74) is 2.99. The fourth-order valence-corrected chi connectivity index (χ4v) is 3.16. The molecule has 0 amide bonds. The minimum Gasteiger partial charge on any atom is -0.388 e. The van der Waals surface area contributed by atoms with Crippen LogP contribution < -0.4 is 5.73 Å². The van der Waals surface area contributed by atoms with E-state index in [-0.39, 0.29) is 35.8 Å². The van der Waals surface area contributed by atoms with Gasteiger partial charge in [-0.3, -0.25) is 0 Å². The Bertz CT molecular complexity index is 809. The van der Waals surface area contributed by atoms with Crippen molar-refractivity contribution >= 4 is 0 Å². The molecule has 2 aromatic rings. The van der Waals surface area contributed by atoms with Crippen molar-refractivity contribution < 1.29 is 23.4 Å². The SMILES string of the molecule is CCC(O)c1c(F)c(-c2ccc(F)cc2)nc(C(O)(CN)C2CC2)c1F. The van der Waals surface area contributed by atoms with E-state index in [0.29, 0.717) is 12.8 Å². The van der Waals surface area contributed by atoms with Gasteiger partial charge in [0.15, 0.2) is 11.6 Å². The molecule has 140 valence electrons. The molecular weight excluding hydrogens is 345 g/mol. The molecule has 1 aromatic heterocycles. The van der Waals surface area contributed by atoms with Gasteiger partial charge in [-0.05, 0) is 49.4 Å². The van der Waals surface area contributed by atoms with E-state index in [0.717, 1.165) is 12.1 Å². The van der Waals surface area contributed by atoms with Gasteiger partial charge < -0.3 is 15.9 Å². The van der Waals surface area contributed by atoms with Crippen molar-refractivity contribution in [3.63, 3.8) is 0 Å². The van der Waals surface area contributed by atoms with Crippen molar-refractivity contribution in [3.8, 4) is 11.3 Å². The van der Waals surface area contributed by atoms with E-state index in [1.165, 1.54) is 12.1 Å². The average Bonchev–Trinajstić information content (AvgIpc) is 3.47. The summed E-state index contributed by atoms with van der Waals surface area (Å²) in [4.78, 5) is 4.04. The van der Waals surface area contributed by atoms with Gasteiger partial charge in [-0.25, -0.2) is 18.2 Å². The van der Waals surface area contributed by atoms with E-state index in [9.17, 15) is 19.0 Å². The summed E-state index contributed by atoms with van der Waals surface area (Å²) in [5.74, 6) is -2.89. The minimum absolute atomic E-state index is 0.0740. The summed E-state index contributed by atoms with van der Waals surface area (Å²) in [6.07, 6.45) is -0.0184. The van der Waals surface area contributed by atoms with Crippen LogP contribution in [-0.2, 0) is 5.60 Å². The van der Waals surface area contributed by atoms with Crippen LogP contribution in [0.2, 0.25) is 0 Å². The lowest BCUT2D eigenvalue weighted by molar-refractivity contribution is 0.0134. The first-order valence-corrected chi connectivity index (χ1v) is 8.59. The predicted octanol–water partition coefficient (Wildman–Crippen LogP) is 3.17. The highest BCUT2D eigenvalue weighted by molar-refractivity contribution is 5.62. The second-order valence-corrected chi connectivity index (χ2v) is 6.68. The monoisotopic (exact) mass is 366 g/mol. The molecule has 1 saturated carbocycles. The number of halogens is 3. The standard InChI is InChI=1S/C19H21F3N2O2/c1-2-13(25)14-15(21)17(10-3-7-12(20)8-4-10)24-18(16(14)22)19(26,9-23)11-5-6-11/h3-4,7-8,11,13,25-26H,2,5-6,9,23H2,1H3. The van der Waals surface area contributed by atoms with Crippen LogP contribution in [0.5, 0.6) is 0 Å². The lowest BCUT2D eigenvalue weighted by Gasteiger charge is -2.28. The number of nitrogens with zero attached hydrogens (tertiary/aromatic N) is 1. The zero-order valence-electron chi connectivity index (χ0n) is 14.3. The normalized spacial score (nSPS) is 17.8. The van der Waals surface area contributed by atoms with Gasteiger partial charge in [-0.2, -0.15) is 0 Å². The topological polar surface area (TPSA) is 79.4 Å². The van der Waals surface area contributed by atoms with Crippen molar-refractivity contribution in [2.45, 2.75) is 37.9 Å². The number of nitrogens with two attached hydrogens (primary N) is 1. The zero-order chi connectivity index (χ0) is 19.1. The fourth-order valence-electron chi connectivity index (χ4n) is 3.16. The number of hydrogen-bond acceptors (Lipinski definition) is 4. The number of aromatic nitrogens is 1. The summed E-state index contributed by atoms with van der Waals surface area (Å²) in [6, 6.07) is 4.88. The number of benzene rings is 1. The van der Waals surface area contributed by atoms with Crippen LogP contribution in [0.1, 0.15) is 43.5 Å². The maximum Gasteiger partial charge on any atom is 0.158 e. The van der Waals surface area contributed by atoms with Gasteiger partial charge in [0.25, 0.3) is 0 Å². The third-order valence-electron chi connectivity index (χ3n) is 4.92. The van der Waals surface area contributed by atoms with Crippen LogP contribution in [0.15, 0.2) is 24.3 Å². The Kier molecular flexibility index (Phi) is 5.05. The summed E-state index contributed by atoms with van der Waals surface area (Å²) in [7, 11) is 0. The Hall–Kier alpha value is -1.96. The third-order valence-corrected chi connectivity index (χ3v) is 4.92. The minimum atomic E-state index is -1.74. The first-order chi connectivity index (χ1) is 12.3. The van der Waals surface area contributed by atoms with Crippen LogP contribution >= 0.6 is 0 Å². The maximum atomic E-state index is 15.1. The summed E-state index contributed by atoms with van der Waals surface area (Å²) in [5, 5.41) is 21.0. The van der Waals surface area contributed by atoms with Crippen LogP contribution in [0.25, 0.3) is 11.3 Å². The molecule has 4 N–H and O–H groups in total. The second kappa shape index (κ2) is 6.98. The van der Waals surface area contributed by atoms with Gasteiger partial charge in [-0.15, -0.1) is 0 Å². The second-order valence-electron chi connectivity index (χ2n) is 6.68. The number of pyridine rings is 1. The number of aliphatic hydroxyl groups is 2. The molecular formula is C19H21F3N2O2. The van der Waals surface area contributed by atoms with Gasteiger partial charge >= 0.3 is 0 Å². The summed E-state index contributed by atoms with van der Waals surface area (Å²) >= 11 is 0.